The first-order valence-electron chi connectivity index (χ1n) is 13.5. The highest BCUT2D eigenvalue weighted by Gasteiger charge is 2.67. The number of rotatable bonds is 2. The maximum absolute atomic E-state index is 12.4. The molecule has 0 aromatic heterocycles. The van der Waals surface area contributed by atoms with Crippen molar-refractivity contribution >= 4 is 6.09 Å². The summed E-state index contributed by atoms with van der Waals surface area (Å²) in [5, 5.41) is 3.25. The Morgan fingerprint density at radius 3 is 2.38 bits per heavy atom. The molecular weight excluding hydrogens is 432 g/mol. The topological polar surface area (TPSA) is 69.3 Å². The van der Waals surface area contributed by atoms with Gasteiger partial charge < -0.3 is 19.7 Å². The van der Waals surface area contributed by atoms with Crippen molar-refractivity contribution in [2.75, 3.05) is 26.2 Å². The van der Waals surface area contributed by atoms with E-state index in [1.807, 2.05) is 12.1 Å². The predicted molar refractivity (Wildman–Crippen MR) is 124 cm³/mol. The molecule has 34 heavy (non-hydrogen) atoms. The predicted octanol–water partition coefficient (Wildman–Crippen LogP) is 4.58. The van der Waals surface area contributed by atoms with Crippen molar-refractivity contribution in [1.82, 2.24) is 10.2 Å². The average molecular weight is 469 g/mol. The highest BCUT2D eigenvalue weighted by atomic mass is 17.3. The lowest BCUT2D eigenvalue weighted by atomic mass is 9.53. The zero-order valence-corrected chi connectivity index (χ0v) is 19.9. The third-order valence-electron chi connectivity index (χ3n) is 9.54. The summed E-state index contributed by atoms with van der Waals surface area (Å²) in [4.78, 5) is 26.5. The van der Waals surface area contributed by atoms with Gasteiger partial charge in [0.05, 0.1) is 0 Å². The Morgan fingerprint density at radius 1 is 0.971 bits per heavy atom. The van der Waals surface area contributed by atoms with Crippen LogP contribution in [0, 0.1) is 23.7 Å². The van der Waals surface area contributed by atoms with Gasteiger partial charge in [0.2, 0.25) is 11.6 Å². The molecule has 184 valence electrons. The van der Waals surface area contributed by atoms with E-state index in [0.717, 1.165) is 50.6 Å². The lowest BCUT2D eigenvalue weighted by Crippen LogP contribution is -2.59. The van der Waals surface area contributed by atoms with Gasteiger partial charge in [-0.25, -0.2) is 4.79 Å². The molecule has 5 aliphatic carbocycles. The summed E-state index contributed by atoms with van der Waals surface area (Å²) in [5.41, 5.74) is 1.25. The Balaban J connectivity index is 1.02. The number of piperazine rings is 1. The van der Waals surface area contributed by atoms with Crippen molar-refractivity contribution in [2.24, 2.45) is 23.7 Å². The van der Waals surface area contributed by atoms with E-state index in [1.54, 1.807) is 4.90 Å². The molecule has 2 aliphatic heterocycles. The number of benzene rings is 1. The second-order valence-corrected chi connectivity index (χ2v) is 11.7. The van der Waals surface area contributed by atoms with Crippen molar-refractivity contribution in [3.63, 3.8) is 0 Å². The maximum Gasteiger partial charge on any atom is 0.415 e. The molecule has 7 heteroatoms. The minimum absolute atomic E-state index is 0.267. The minimum atomic E-state index is -0.619. The van der Waals surface area contributed by atoms with E-state index in [0.29, 0.717) is 36.6 Å². The summed E-state index contributed by atoms with van der Waals surface area (Å²) < 4.78 is 12.5. The lowest BCUT2D eigenvalue weighted by Gasteiger charge is -2.57. The molecule has 2 atom stereocenters. The largest absolute Gasteiger partial charge is 0.415 e. The molecule has 1 aromatic carbocycles. The van der Waals surface area contributed by atoms with Crippen LogP contribution in [0.15, 0.2) is 24.3 Å². The number of hydrogen-bond acceptors (Lipinski definition) is 6. The van der Waals surface area contributed by atoms with Gasteiger partial charge in [-0.2, -0.15) is 9.78 Å². The second-order valence-electron chi connectivity index (χ2n) is 11.7. The number of amides is 1. The Labute approximate surface area is 201 Å². The lowest BCUT2D eigenvalue weighted by molar-refractivity contribution is -0.390. The molecule has 0 radical (unpaired) electrons. The first-order valence-corrected chi connectivity index (χ1v) is 13.5. The molecule has 2 saturated heterocycles. The van der Waals surface area contributed by atoms with Crippen LogP contribution in [0.1, 0.15) is 69.3 Å². The number of nitrogens with zero attached hydrogens (tertiary/aromatic N) is 1. The SMILES string of the molecule is O=C(Oc1ccc(C2CCC[C@]3(C2)OOC2(O3)C3CC4CC(C3)CC2C4)cc1)N1CCNCC1. The van der Waals surface area contributed by atoms with E-state index >= 15 is 0 Å². The van der Waals surface area contributed by atoms with Crippen LogP contribution < -0.4 is 10.1 Å². The smallest absolute Gasteiger partial charge is 0.410 e. The summed E-state index contributed by atoms with van der Waals surface area (Å²) in [6.07, 6.45) is 10.00. The maximum atomic E-state index is 12.4. The van der Waals surface area contributed by atoms with E-state index in [9.17, 15) is 4.79 Å². The van der Waals surface area contributed by atoms with Crippen molar-refractivity contribution in [3.8, 4) is 5.75 Å². The quantitative estimate of drug-likeness (QED) is 0.641. The van der Waals surface area contributed by atoms with Gasteiger partial charge in [-0.15, -0.1) is 0 Å². The Bertz CT molecular complexity index is 901. The molecule has 7 aliphatic rings. The summed E-state index contributed by atoms with van der Waals surface area (Å²) >= 11 is 0. The number of hydrogen-bond donors (Lipinski definition) is 1. The number of nitrogens with one attached hydrogen (secondary N) is 1. The first kappa shape index (κ1) is 21.6. The zero-order chi connectivity index (χ0) is 22.8. The minimum Gasteiger partial charge on any atom is -0.410 e. The number of ether oxygens (including phenoxy) is 2. The molecule has 4 bridgehead atoms. The van der Waals surface area contributed by atoms with Gasteiger partial charge in [-0.1, -0.05) is 12.1 Å². The van der Waals surface area contributed by atoms with Crippen LogP contribution in [-0.4, -0.2) is 48.7 Å². The fourth-order valence-electron chi connectivity index (χ4n) is 8.08. The van der Waals surface area contributed by atoms with Crippen LogP contribution in [0.25, 0.3) is 0 Å². The molecule has 2 heterocycles. The van der Waals surface area contributed by atoms with Crippen LogP contribution in [0.2, 0.25) is 0 Å². The normalized spacial score (nSPS) is 43.1. The van der Waals surface area contributed by atoms with E-state index in [4.69, 9.17) is 19.2 Å². The Kier molecular flexibility index (Phi) is 5.20. The van der Waals surface area contributed by atoms with Crippen LogP contribution in [0.5, 0.6) is 5.75 Å². The van der Waals surface area contributed by atoms with Gasteiger partial charge in [-0.3, -0.25) is 0 Å². The molecule has 2 spiro atoms. The molecule has 1 unspecified atom stereocenters. The van der Waals surface area contributed by atoms with E-state index in [-0.39, 0.29) is 6.09 Å². The molecule has 1 N–H and O–H groups in total. The highest BCUT2D eigenvalue weighted by Crippen LogP contribution is 2.64. The van der Waals surface area contributed by atoms with E-state index in [1.165, 1.54) is 37.7 Å². The van der Waals surface area contributed by atoms with Crippen LogP contribution in [0.4, 0.5) is 4.79 Å². The van der Waals surface area contributed by atoms with Gasteiger partial charge in [0.25, 0.3) is 0 Å². The van der Waals surface area contributed by atoms with Crippen LogP contribution >= 0.6 is 0 Å². The Hall–Kier alpha value is -1.67. The van der Waals surface area contributed by atoms with Crippen molar-refractivity contribution in [2.45, 2.75) is 75.3 Å². The summed E-state index contributed by atoms with van der Waals surface area (Å²) in [6.45, 7) is 3.01. The standard InChI is InChI=1S/C27H36N2O5/c30-25(29-10-8-28-9-11-29)31-24-5-3-20(4-6-24)21-2-1-7-26(17-21)32-27(34-33-26)22-13-18-12-19(15-22)16-23(27)14-18/h3-6,18-19,21-23,28H,1-2,7-17H2/t18?,19?,21?,22?,23?,26-,27?/m1/s1. The van der Waals surface area contributed by atoms with Crippen LogP contribution in [-0.2, 0) is 14.5 Å². The number of carbonyl (C=O) groups excluding carboxylic acids is 1. The summed E-state index contributed by atoms with van der Waals surface area (Å²) in [6, 6.07) is 8.03. The van der Waals surface area contributed by atoms with Gasteiger partial charge in [0.15, 0.2) is 0 Å². The van der Waals surface area contributed by atoms with Crippen LogP contribution in [0.3, 0.4) is 0 Å². The zero-order valence-electron chi connectivity index (χ0n) is 19.9. The monoisotopic (exact) mass is 468 g/mol. The summed E-state index contributed by atoms with van der Waals surface area (Å²) in [7, 11) is 0. The van der Waals surface area contributed by atoms with E-state index < -0.39 is 11.6 Å². The summed E-state index contributed by atoms with van der Waals surface area (Å²) in [5.74, 6) is 2.55. The molecule has 8 rings (SSSR count). The highest BCUT2D eigenvalue weighted by molar-refractivity contribution is 5.70. The fraction of sp³-hybridized carbons (Fsp3) is 0.741. The number of carbonyl (C=O) groups is 1. The van der Waals surface area contributed by atoms with Gasteiger partial charge in [0.1, 0.15) is 5.75 Å². The first-order chi connectivity index (χ1) is 16.6. The van der Waals surface area contributed by atoms with Gasteiger partial charge in [0, 0.05) is 50.9 Å². The van der Waals surface area contributed by atoms with Gasteiger partial charge in [-0.05, 0) is 80.4 Å². The van der Waals surface area contributed by atoms with Gasteiger partial charge >= 0.3 is 6.09 Å². The third kappa shape index (κ3) is 3.58. The molecule has 1 amide bonds. The second kappa shape index (κ2) is 8.19. The molecule has 1 aromatic rings. The van der Waals surface area contributed by atoms with Crippen molar-refractivity contribution < 1.29 is 24.0 Å². The average Bonchev–Trinajstić information content (AvgIpc) is 3.22. The Morgan fingerprint density at radius 2 is 1.68 bits per heavy atom. The fourth-order valence-corrected chi connectivity index (χ4v) is 8.08. The van der Waals surface area contributed by atoms with Crippen molar-refractivity contribution in [3.05, 3.63) is 29.8 Å². The van der Waals surface area contributed by atoms with Crippen molar-refractivity contribution in [1.29, 1.82) is 0 Å². The molecule has 7 fully saturated rings. The molecule has 7 nitrogen and oxygen atoms in total. The molecule has 5 saturated carbocycles. The van der Waals surface area contributed by atoms with E-state index in [2.05, 4.69) is 17.4 Å². The third-order valence-corrected chi connectivity index (χ3v) is 9.54. The molecular formula is C27H36N2O5.